The van der Waals surface area contributed by atoms with E-state index in [4.69, 9.17) is 5.73 Å². The number of halogens is 1. The zero-order chi connectivity index (χ0) is 16.0. The van der Waals surface area contributed by atoms with Gasteiger partial charge in [-0.25, -0.2) is 0 Å². The van der Waals surface area contributed by atoms with Gasteiger partial charge in [0.1, 0.15) is 0 Å². The molecular weight excluding hydrogens is 302 g/mol. The smallest absolute Gasteiger partial charge is 0.251 e. The molecule has 0 aliphatic carbocycles. The van der Waals surface area contributed by atoms with Crippen LogP contribution in [0.5, 0.6) is 0 Å². The van der Waals surface area contributed by atoms with Gasteiger partial charge in [0, 0.05) is 30.3 Å². The normalized spacial score (nSPS) is 12.0. The van der Waals surface area contributed by atoms with E-state index < -0.39 is 0 Å². The van der Waals surface area contributed by atoms with Crippen LogP contribution in [0.1, 0.15) is 48.4 Å². The Labute approximate surface area is 138 Å². The molecule has 0 fully saturated rings. The van der Waals surface area contributed by atoms with Gasteiger partial charge in [-0.1, -0.05) is 20.8 Å². The summed E-state index contributed by atoms with van der Waals surface area (Å²) in [6.45, 7) is 8.99. The fraction of sp³-hybridized carbons (Fsp3) is 0.500. The standard InChI is InChI=1S/C16H25N3O2.ClH/c1-11(9-17)19-15(21)13-7-5-12(6-8-13)14(20)18-10-16(2,3)4;/h5-8,11H,9-10,17H2,1-4H3,(H,18,20)(H,19,21);1H/t11-;/m0./s1. The molecular formula is C16H26ClN3O2. The minimum absolute atomic E-state index is 0. The van der Waals surface area contributed by atoms with E-state index in [0.29, 0.717) is 24.2 Å². The van der Waals surface area contributed by atoms with E-state index in [9.17, 15) is 9.59 Å². The van der Waals surface area contributed by atoms with Crippen LogP contribution in [0.2, 0.25) is 0 Å². The van der Waals surface area contributed by atoms with Gasteiger partial charge in [-0.2, -0.15) is 0 Å². The number of nitrogens with one attached hydrogen (secondary N) is 2. The van der Waals surface area contributed by atoms with Crippen LogP contribution in [0.15, 0.2) is 24.3 Å². The largest absolute Gasteiger partial charge is 0.352 e. The Bertz CT molecular complexity index is 495. The zero-order valence-corrected chi connectivity index (χ0v) is 14.4. The van der Waals surface area contributed by atoms with E-state index in [1.54, 1.807) is 24.3 Å². The van der Waals surface area contributed by atoms with E-state index in [0.717, 1.165) is 0 Å². The summed E-state index contributed by atoms with van der Waals surface area (Å²) in [5, 5.41) is 5.65. The van der Waals surface area contributed by atoms with Crippen molar-refractivity contribution in [3.8, 4) is 0 Å². The molecule has 0 unspecified atom stereocenters. The average Bonchev–Trinajstić information content (AvgIpc) is 2.43. The highest BCUT2D eigenvalue weighted by Gasteiger charge is 2.14. The molecule has 0 bridgehead atoms. The van der Waals surface area contributed by atoms with Crippen molar-refractivity contribution in [3.05, 3.63) is 35.4 Å². The van der Waals surface area contributed by atoms with Crippen LogP contribution < -0.4 is 16.4 Å². The van der Waals surface area contributed by atoms with Crippen molar-refractivity contribution < 1.29 is 9.59 Å². The first-order valence-corrected chi connectivity index (χ1v) is 7.12. The Morgan fingerprint density at radius 3 is 1.95 bits per heavy atom. The number of hydrogen-bond acceptors (Lipinski definition) is 3. The highest BCUT2D eigenvalue weighted by atomic mass is 35.5. The van der Waals surface area contributed by atoms with Crippen LogP contribution in [0.3, 0.4) is 0 Å². The van der Waals surface area contributed by atoms with Gasteiger partial charge in [-0.15, -0.1) is 12.4 Å². The molecule has 1 rings (SSSR count). The lowest BCUT2D eigenvalue weighted by atomic mass is 9.97. The Balaban J connectivity index is 0.00000441. The van der Waals surface area contributed by atoms with Crippen molar-refractivity contribution in [2.24, 2.45) is 11.1 Å². The predicted molar refractivity (Wildman–Crippen MR) is 91.5 cm³/mol. The number of carbonyl (C=O) groups excluding carboxylic acids is 2. The van der Waals surface area contributed by atoms with Crippen LogP contribution in [0.25, 0.3) is 0 Å². The Morgan fingerprint density at radius 2 is 1.55 bits per heavy atom. The van der Waals surface area contributed by atoms with Gasteiger partial charge in [-0.3, -0.25) is 9.59 Å². The van der Waals surface area contributed by atoms with Crippen molar-refractivity contribution in [3.63, 3.8) is 0 Å². The van der Waals surface area contributed by atoms with Crippen LogP contribution in [-0.2, 0) is 0 Å². The first kappa shape index (κ1) is 20.4. The van der Waals surface area contributed by atoms with Crippen molar-refractivity contribution in [1.29, 1.82) is 0 Å². The summed E-state index contributed by atoms with van der Waals surface area (Å²) in [5.74, 6) is -0.318. The van der Waals surface area contributed by atoms with Crippen LogP contribution in [-0.4, -0.2) is 30.9 Å². The fourth-order valence-corrected chi connectivity index (χ4v) is 1.59. The van der Waals surface area contributed by atoms with Gasteiger partial charge in [0.05, 0.1) is 0 Å². The SMILES string of the molecule is C[C@@H](CN)NC(=O)c1ccc(C(=O)NCC(C)(C)C)cc1.Cl. The summed E-state index contributed by atoms with van der Waals surface area (Å²) < 4.78 is 0. The van der Waals surface area contributed by atoms with Crippen molar-refractivity contribution in [1.82, 2.24) is 10.6 Å². The summed E-state index contributed by atoms with van der Waals surface area (Å²) in [7, 11) is 0. The highest BCUT2D eigenvalue weighted by molar-refractivity contribution is 5.97. The van der Waals surface area contributed by atoms with E-state index >= 15 is 0 Å². The number of benzene rings is 1. The van der Waals surface area contributed by atoms with Gasteiger partial charge in [0.2, 0.25) is 0 Å². The molecule has 124 valence electrons. The van der Waals surface area contributed by atoms with Crippen LogP contribution >= 0.6 is 12.4 Å². The second-order valence-electron chi connectivity index (χ2n) is 6.43. The summed E-state index contributed by atoms with van der Waals surface area (Å²) in [4.78, 5) is 23.9. The van der Waals surface area contributed by atoms with Gasteiger partial charge >= 0.3 is 0 Å². The van der Waals surface area contributed by atoms with Gasteiger partial charge < -0.3 is 16.4 Å². The molecule has 0 aromatic heterocycles. The Kier molecular flexibility index (Phi) is 8.12. The Morgan fingerprint density at radius 1 is 1.09 bits per heavy atom. The molecule has 0 saturated carbocycles. The summed E-state index contributed by atoms with van der Waals surface area (Å²) in [6, 6.07) is 6.52. The summed E-state index contributed by atoms with van der Waals surface area (Å²) in [5.41, 5.74) is 6.56. The second kappa shape index (κ2) is 8.76. The second-order valence-corrected chi connectivity index (χ2v) is 6.43. The lowest BCUT2D eigenvalue weighted by Gasteiger charge is -2.18. The molecule has 0 heterocycles. The molecule has 0 spiro atoms. The summed E-state index contributed by atoms with van der Waals surface area (Å²) in [6.07, 6.45) is 0. The number of rotatable bonds is 5. The molecule has 4 N–H and O–H groups in total. The molecule has 0 saturated heterocycles. The molecule has 1 aromatic carbocycles. The first-order valence-electron chi connectivity index (χ1n) is 7.12. The monoisotopic (exact) mass is 327 g/mol. The molecule has 6 heteroatoms. The lowest BCUT2D eigenvalue weighted by Crippen LogP contribution is -2.37. The van der Waals surface area contributed by atoms with Crippen molar-refractivity contribution in [2.45, 2.75) is 33.7 Å². The van der Waals surface area contributed by atoms with Crippen LogP contribution in [0, 0.1) is 5.41 Å². The van der Waals surface area contributed by atoms with Crippen LogP contribution in [0.4, 0.5) is 0 Å². The quantitative estimate of drug-likeness (QED) is 0.773. The number of hydrogen-bond donors (Lipinski definition) is 3. The third-order valence-electron chi connectivity index (χ3n) is 2.92. The van der Waals surface area contributed by atoms with E-state index in [1.807, 2.05) is 6.92 Å². The number of amides is 2. The highest BCUT2D eigenvalue weighted by Crippen LogP contribution is 2.11. The number of nitrogens with two attached hydrogens (primary N) is 1. The maximum absolute atomic E-state index is 12.0. The molecule has 0 aliphatic heterocycles. The molecule has 5 nitrogen and oxygen atoms in total. The molecule has 22 heavy (non-hydrogen) atoms. The average molecular weight is 328 g/mol. The maximum Gasteiger partial charge on any atom is 0.251 e. The van der Waals surface area contributed by atoms with E-state index in [1.165, 1.54) is 0 Å². The van der Waals surface area contributed by atoms with Gasteiger partial charge in [0.15, 0.2) is 0 Å². The van der Waals surface area contributed by atoms with Gasteiger partial charge in [0.25, 0.3) is 11.8 Å². The number of carbonyl (C=O) groups is 2. The molecule has 0 aliphatic rings. The molecule has 0 radical (unpaired) electrons. The Hall–Kier alpha value is -1.59. The lowest BCUT2D eigenvalue weighted by molar-refractivity contribution is 0.0928. The molecule has 1 atom stereocenters. The third-order valence-corrected chi connectivity index (χ3v) is 2.92. The van der Waals surface area contributed by atoms with Crippen molar-refractivity contribution >= 4 is 24.2 Å². The topological polar surface area (TPSA) is 84.2 Å². The first-order chi connectivity index (χ1) is 9.73. The van der Waals surface area contributed by atoms with E-state index in [2.05, 4.69) is 31.4 Å². The summed E-state index contributed by atoms with van der Waals surface area (Å²) >= 11 is 0. The fourth-order valence-electron chi connectivity index (χ4n) is 1.59. The molecule has 1 aromatic rings. The maximum atomic E-state index is 12.0. The van der Waals surface area contributed by atoms with E-state index in [-0.39, 0.29) is 35.7 Å². The van der Waals surface area contributed by atoms with Crippen molar-refractivity contribution in [2.75, 3.05) is 13.1 Å². The molecule has 2 amide bonds. The third kappa shape index (κ3) is 6.91. The predicted octanol–water partition coefficient (Wildman–Crippen LogP) is 1.96. The zero-order valence-electron chi connectivity index (χ0n) is 13.6. The van der Waals surface area contributed by atoms with Gasteiger partial charge in [-0.05, 0) is 36.6 Å². The minimum atomic E-state index is -0.186. The minimum Gasteiger partial charge on any atom is -0.352 e.